The summed E-state index contributed by atoms with van der Waals surface area (Å²) in [5.41, 5.74) is 3.12. The second-order valence-electron chi connectivity index (χ2n) is 6.79. The van der Waals surface area contributed by atoms with E-state index in [2.05, 4.69) is 17.2 Å². The number of thiazole rings is 1. The first-order chi connectivity index (χ1) is 11.5. The van der Waals surface area contributed by atoms with E-state index in [9.17, 15) is 4.79 Å². The molecule has 5 heteroatoms. The highest BCUT2D eigenvalue weighted by molar-refractivity contribution is 7.14. The van der Waals surface area contributed by atoms with Gasteiger partial charge in [0.25, 0.3) is 0 Å². The van der Waals surface area contributed by atoms with Crippen molar-refractivity contribution in [1.29, 1.82) is 0 Å². The number of likely N-dealkylation sites (tertiary alicyclic amines) is 1. The van der Waals surface area contributed by atoms with Gasteiger partial charge in [-0.2, -0.15) is 0 Å². The maximum absolute atomic E-state index is 12.2. The lowest BCUT2D eigenvalue weighted by molar-refractivity contribution is -0.115. The largest absolute Gasteiger partial charge is 0.297 e. The van der Waals surface area contributed by atoms with Gasteiger partial charge in [-0.15, -0.1) is 11.3 Å². The summed E-state index contributed by atoms with van der Waals surface area (Å²) < 4.78 is 0. The first kappa shape index (κ1) is 17.1. The molecule has 128 valence electrons. The van der Waals surface area contributed by atoms with Gasteiger partial charge in [0.15, 0.2) is 5.13 Å². The topological polar surface area (TPSA) is 36.4 Å². The zero-order chi connectivity index (χ0) is 17.1. The molecule has 0 saturated carbocycles. The van der Waals surface area contributed by atoms with Crippen molar-refractivity contribution in [2.45, 2.75) is 40.2 Å². The smallest absolute Gasteiger partial charge is 0.230 e. The van der Waals surface area contributed by atoms with Crippen molar-refractivity contribution >= 4 is 28.1 Å². The first-order valence-corrected chi connectivity index (χ1v) is 9.45. The van der Waals surface area contributed by atoms with Crippen LogP contribution in [-0.4, -0.2) is 28.9 Å². The van der Waals surface area contributed by atoms with Crippen molar-refractivity contribution in [3.05, 3.63) is 40.9 Å². The SMILES string of the molecule is CC(=O)N(c1ccc(C)cc1)c1nc(CN2CCC[C@@H](C)C2)cs1. The molecule has 0 N–H and O–H groups in total. The van der Waals surface area contributed by atoms with Crippen LogP contribution in [0.15, 0.2) is 29.6 Å². The van der Waals surface area contributed by atoms with Crippen LogP contribution < -0.4 is 4.90 Å². The molecule has 1 aromatic heterocycles. The van der Waals surface area contributed by atoms with Gasteiger partial charge >= 0.3 is 0 Å². The normalized spacial score (nSPS) is 18.5. The van der Waals surface area contributed by atoms with Gasteiger partial charge in [-0.1, -0.05) is 24.6 Å². The van der Waals surface area contributed by atoms with Gasteiger partial charge in [0.2, 0.25) is 5.91 Å². The molecular formula is C19H25N3OS. The van der Waals surface area contributed by atoms with Crippen LogP contribution in [0.25, 0.3) is 0 Å². The third kappa shape index (κ3) is 4.02. The fourth-order valence-corrected chi connectivity index (χ4v) is 4.13. The Bertz CT molecular complexity index is 695. The Hall–Kier alpha value is -1.72. The highest BCUT2D eigenvalue weighted by Gasteiger charge is 2.20. The Morgan fingerprint density at radius 1 is 1.38 bits per heavy atom. The Balaban J connectivity index is 1.76. The van der Waals surface area contributed by atoms with E-state index in [0.717, 1.165) is 42.1 Å². The lowest BCUT2D eigenvalue weighted by atomic mass is 10.0. The van der Waals surface area contributed by atoms with Crippen LogP contribution in [0.5, 0.6) is 0 Å². The van der Waals surface area contributed by atoms with Crippen molar-refractivity contribution < 1.29 is 4.79 Å². The summed E-state index contributed by atoms with van der Waals surface area (Å²) in [6.07, 6.45) is 2.59. The number of aromatic nitrogens is 1. The molecule has 0 aliphatic carbocycles. The van der Waals surface area contributed by atoms with Gasteiger partial charge in [-0.25, -0.2) is 4.98 Å². The third-order valence-electron chi connectivity index (χ3n) is 4.46. The second kappa shape index (κ2) is 7.45. The van der Waals surface area contributed by atoms with Crippen LogP contribution in [0.3, 0.4) is 0 Å². The Kier molecular flexibility index (Phi) is 5.31. The van der Waals surface area contributed by atoms with Crippen LogP contribution in [0, 0.1) is 12.8 Å². The fraction of sp³-hybridized carbons (Fsp3) is 0.474. The molecule has 0 spiro atoms. The zero-order valence-electron chi connectivity index (χ0n) is 14.7. The van der Waals surface area contributed by atoms with E-state index in [0.29, 0.717) is 0 Å². The molecule has 1 fully saturated rings. The minimum absolute atomic E-state index is 0.00801. The average molecular weight is 343 g/mol. The summed E-state index contributed by atoms with van der Waals surface area (Å²) in [5.74, 6) is 0.754. The Morgan fingerprint density at radius 2 is 2.12 bits per heavy atom. The highest BCUT2D eigenvalue weighted by Crippen LogP contribution is 2.30. The van der Waals surface area contributed by atoms with Gasteiger partial charge < -0.3 is 0 Å². The number of benzene rings is 1. The quantitative estimate of drug-likeness (QED) is 0.827. The van der Waals surface area contributed by atoms with Crippen LogP contribution in [0.1, 0.15) is 37.9 Å². The summed E-state index contributed by atoms with van der Waals surface area (Å²) in [7, 11) is 0. The molecule has 1 aliphatic heterocycles. The number of hydrogen-bond acceptors (Lipinski definition) is 4. The predicted octanol–water partition coefficient (Wildman–Crippen LogP) is 4.37. The third-order valence-corrected chi connectivity index (χ3v) is 5.34. The molecular weight excluding hydrogens is 318 g/mol. The van der Waals surface area contributed by atoms with E-state index in [1.807, 2.05) is 31.2 Å². The molecule has 4 nitrogen and oxygen atoms in total. The van der Waals surface area contributed by atoms with E-state index in [4.69, 9.17) is 4.98 Å². The van der Waals surface area contributed by atoms with E-state index in [1.165, 1.54) is 18.4 Å². The molecule has 1 saturated heterocycles. The number of piperidine rings is 1. The molecule has 0 bridgehead atoms. The highest BCUT2D eigenvalue weighted by atomic mass is 32.1. The number of carbonyl (C=O) groups excluding carboxylic acids is 1. The number of carbonyl (C=O) groups is 1. The second-order valence-corrected chi connectivity index (χ2v) is 7.63. The minimum Gasteiger partial charge on any atom is -0.297 e. The Labute approximate surface area is 148 Å². The predicted molar refractivity (Wildman–Crippen MR) is 99.8 cm³/mol. The molecule has 24 heavy (non-hydrogen) atoms. The van der Waals surface area contributed by atoms with E-state index in [-0.39, 0.29) is 5.91 Å². The van der Waals surface area contributed by atoms with E-state index in [1.54, 1.807) is 23.2 Å². The van der Waals surface area contributed by atoms with Crippen LogP contribution in [0.4, 0.5) is 10.8 Å². The summed E-state index contributed by atoms with van der Waals surface area (Å²) >= 11 is 1.54. The van der Waals surface area contributed by atoms with Crippen LogP contribution >= 0.6 is 11.3 Å². The maximum atomic E-state index is 12.2. The summed E-state index contributed by atoms with van der Waals surface area (Å²) in [6, 6.07) is 8.00. The van der Waals surface area contributed by atoms with Crippen LogP contribution in [-0.2, 0) is 11.3 Å². The van der Waals surface area contributed by atoms with E-state index < -0.39 is 0 Å². The lowest BCUT2D eigenvalue weighted by Crippen LogP contribution is -2.33. The molecule has 0 unspecified atom stereocenters. The summed E-state index contributed by atoms with van der Waals surface area (Å²) in [5, 5.41) is 2.84. The summed E-state index contributed by atoms with van der Waals surface area (Å²) in [6.45, 7) is 9.11. The van der Waals surface area contributed by atoms with Gasteiger partial charge in [-0.05, 0) is 44.4 Å². The summed E-state index contributed by atoms with van der Waals surface area (Å²) in [4.78, 5) is 21.1. The number of anilines is 2. The molecule has 1 aliphatic rings. The molecule has 3 rings (SSSR count). The maximum Gasteiger partial charge on any atom is 0.230 e. The standard InChI is InChI=1S/C19H25N3OS/c1-14-6-8-18(9-7-14)22(16(3)23)19-20-17(13-24-19)12-21-10-4-5-15(2)11-21/h6-9,13,15H,4-5,10-12H2,1-3H3/t15-/m1/s1. The van der Waals surface area contributed by atoms with Crippen molar-refractivity contribution in [3.8, 4) is 0 Å². The Morgan fingerprint density at radius 3 is 2.79 bits per heavy atom. The molecule has 2 aromatic rings. The van der Waals surface area contributed by atoms with Crippen molar-refractivity contribution in [2.24, 2.45) is 5.92 Å². The number of rotatable bonds is 4. The van der Waals surface area contributed by atoms with Gasteiger partial charge in [-0.3, -0.25) is 14.6 Å². The van der Waals surface area contributed by atoms with E-state index >= 15 is 0 Å². The van der Waals surface area contributed by atoms with Crippen molar-refractivity contribution in [1.82, 2.24) is 9.88 Å². The lowest BCUT2D eigenvalue weighted by Gasteiger charge is -2.30. The monoisotopic (exact) mass is 343 g/mol. The molecule has 1 aromatic carbocycles. The van der Waals surface area contributed by atoms with Crippen molar-refractivity contribution in [3.63, 3.8) is 0 Å². The number of hydrogen-bond donors (Lipinski definition) is 0. The minimum atomic E-state index is -0.00801. The van der Waals surface area contributed by atoms with Crippen molar-refractivity contribution in [2.75, 3.05) is 18.0 Å². The van der Waals surface area contributed by atoms with Gasteiger partial charge in [0.05, 0.1) is 11.4 Å². The molecule has 1 atom stereocenters. The number of nitrogens with zero attached hydrogens (tertiary/aromatic N) is 3. The molecule has 0 radical (unpaired) electrons. The number of amides is 1. The number of aryl methyl sites for hydroxylation is 1. The average Bonchev–Trinajstić information content (AvgIpc) is 2.97. The zero-order valence-corrected chi connectivity index (χ0v) is 15.5. The molecule has 2 heterocycles. The first-order valence-electron chi connectivity index (χ1n) is 8.57. The fourth-order valence-electron chi connectivity index (χ4n) is 3.25. The van der Waals surface area contributed by atoms with Gasteiger partial charge in [0, 0.05) is 25.4 Å². The molecule has 1 amide bonds. The van der Waals surface area contributed by atoms with Crippen LogP contribution in [0.2, 0.25) is 0 Å². The van der Waals surface area contributed by atoms with Gasteiger partial charge in [0.1, 0.15) is 0 Å².